The Kier molecular flexibility index (Phi) is 5.59. The fourth-order valence-electron chi connectivity index (χ4n) is 1.12. The lowest BCUT2D eigenvalue weighted by atomic mass is 10.0. The predicted octanol–water partition coefficient (Wildman–Crippen LogP) is 0.848. The third-order valence-corrected chi connectivity index (χ3v) is 1.90. The van der Waals surface area contributed by atoms with Crippen LogP contribution in [0, 0.1) is 0 Å². The van der Waals surface area contributed by atoms with Gasteiger partial charge in [0.05, 0.1) is 6.42 Å². The third-order valence-electron chi connectivity index (χ3n) is 1.90. The molecule has 4 nitrogen and oxygen atoms in total. The van der Waals surface area contributed by atoms with Crippen molar-refractivity contribution in [3.05, 3.63) is 0 Å². The van der Waals surface area contributed by atoms with Crippen molar-refractivity contribution in [3.63, 3.8) is 0 Å². The summed E-state index contributed by atoms with van der Waals surface area (Å²) in [6.07, 6.45) is -4.77. The quantitative estimate of drug-likeness (QED) is 0.628. The van der Waals surface area contributed by atoms with Crippen LogP contribution in [0.2, 0.25) is 0 Å². The van der Waals surface area contributed by atoms with Gasteiger partial charge in [-0.1, -0.05) is 0 Å². The molecule has 2 atom stereocenters. The minimum absolute atomic E-state index is 0.125. The van der Waals surface area contributed by atoms with Gasteiger partial charge in [0.1, 0.15) is 6.04 Å². The summed E-state index contributed by atoms with van der Waals surface area (Å²) in [5.41, 5.74) is 10.4. The van der Waals surface area contributed by atoms with Gasteiger partial charge in [-0.25, -0.2) is 0 Å². The van der Waals surface area contributed by atoms with Crippen molar-refractivity contribution < 1.29 is 23.1 Å². The normalized spacial score (nSPS) is 16.1. The predicted molar refractivity (Wildman–Crippen MR) is 48.1 cm³/mol. The summed E-state index contributed by atoms with van der Waals surface area (Å²) in [7, 11) is 0. The molecule has 0 radical (unpaired) electrons. The summed E-state index contributed by atoms with van der Waals surface area (Å²) >= 11 is 0. The maximum Gasteiger partial charge on any atom is 0.390 e. The molecule has 5 N–H and O–H groups in total. The Balaban J connectivity index is 3.64. The minimum Gasteiger partial charge on any atom is -0.480 e. The van der Waals surface area contributed by atoms with Crippen molar-refractivity contribution in [1.29, 1.82) is 0 Å². The zero-order valence-electron chi connectivity index (χ0n) is 8.13. The van der Waals surface area contributed by atoms with Gasteiger partial charge in [-0.05, 0) is 19.3 Å². The van der Waals surface area contributed by atoms with Gasteiger partial charge < -0.3 is 16.6 Å². The van der Waals surface area contributed by atoms with Crippen LogP contribution in [0.15, 0.2) is 0 Å². The van der Waals surface area contributed by atoms with Crippen LogP contribution in [0.3, 0.4) is 0 Å². The van der Waals surface area contributed by atoms with Crippen LogP contribution in [-0.2, 0) is 4.79 Å². The van der Waals surface area contributed by atoms with Crippen LogP contribution in [-0.4, -0.2) is 29.3 Å². The van der Waals surface area contributed by atoms with Crippen LogP contribution in [0.1, 0.15) is 25.7 Å². The van der Waals surface area contributed by atoms with E-state index in [-0.39, 0.29) is 19.3 Å². The second kappa shape index (κ2) is 5.92. The van der Waals surface area contributed by atoms with Crippen molar-refractivity contribution in [2.75, 3.05) is 0 Å². The van der Waals surface area contributed by atoms with Crippen molar-refractivity contribution >= 4 is 5.97 Å². The van der Waals surface area contributed by atoms with Gasteiger partial charge in [-0.2, -0.15) is 13.2 Å². The number of hydrogen-bond donors (Lipinski definition) is 3. The smallest absolute Gasteiger partial charge is 0.390 e. The average Bonchev–Trinajstić information content (AvgIpc) is 2.00. The molecule has 7 heteroatoms. The highest BCUT2D eigenvalue weighted by molar-refractivity contribution is 5.72. The SMILES string of the molecule is NC(CCC[C@H](N)C(=O)O)CC(F)(F)F. The van der Waals surface area contributed by atoms with E-state index in [0.29, 0.717) is 0 Å². The molecule has 0 bridgehead atoms. The summed E-state index contributed by atoms with van der Waals surface area (Å²) in [6, 6.07) is -2.01. The summed E-state index contributed by atoms with van der Waals surface area (Å²) in [5, 5.41) is 8.40. The minimum atomic E-state index is -4.27. The summed E-state index contributed by atoms with van der Waals surface area (Å²) in [6.45, 7) is 0. The van der Waals surface area contributed by atoms with Crippen molar-refractivity contribution in [2.45, 2.75) is 43.9 Å². The number of hydrogen-bond acceptors (Lipinski definition) is 3. The molecule has 0 aliphatic rings. The van der Waals surface area contributed by atoms with Gasteiger partial charge in [-0.3, -0.25) is 4.79 Å². The lowest BCUT2D eigenvalue weighted by molar-refractivity contribution is -0.140. The molecule has 0 aliphatic heterocycles. The number of carboxylic acids is 1. The Bertz CT molecular complexity index is 209. The van der Waals surface area contributed by atoms with Gasteiger partial charge in [0, 0.05) is 6.04 Å². The summed E-state index contributed by atoms with van der Waals surface area (Å²) < 4.78 is 35.5. The van der Waals surface area contributed by atoms with E-state index < -0.39 is 30.7 Å². The number of carbonyl (C=O) groups is 1. The fourth-order valence-corrected chi connectivity index (χ4v) is 1.12. The van der Waals surface area contributed by atoms with Gasteiger partial charge in [-0.15, -0.1) is 0 Å². The van der Waals surface area contributed by atoms with Crippen molar-refractivity contribution in [1.82, 2.24) is 0 Å². The van der Waals surface area contributed by atoms with E-state index >= 15 is 0 Å². The topological polar surface area (TPSA) is 89.3 Å². The second-order valence-electron chi connectivity index (χ2n) is 3.46. The van der Waals surface area contributed by atoms with Gasteiger partial charge in [0.25, 0.3) is 0 Å². The van der Waals surface area contributed by atoms with E-state index in [1.807, 2.05) is 0 Å². The first-order valence-corrected chi connectivity index (χ1v) is 4.53. The van der Waals surface area contributed by atoms with Crippen LogP contribution >= 0.6 is 0 Å². The molecule has 0 spiro atoms. The Morgan fingerprint density at radius 1 is 1.27 bits per heavy atom. The van der Waals surface area contributed by atoms with Gasteiger partial charge >= 0.3 is 12.1 Å². The van der Waals surface area contributed by atoms with Crippen molar-refractivity contribution in [2.24, 2.45) is 11.5 Å². The van der Waals surface area contributed by atoms with E-state index in [4.69, 9.17) is 16.6 Å². The Morgan fingerprint density at radius 2 is 1.80 bits per heavy atom. The molecule has 0 heterocycles. The molecule has 15 heavy (non-hydrogen) atoms. The molecule has 1 unspecified atom stereocenters. The number of halogens is 3. The Labute approximate surface area is 85.4 Å². The van der Waals surface area contributed by atoms with E-state index in [2.05, 4.69) is 0 Å². The molecule has 90 valence electrons. The second-order valence-corrected chi connectivity index (χ2v) is 3.46. The summed E-state index contributed by atoms with van der Waals surface area (Å²) in [5.74, 6) is -1.15. The van der Waals surface area contributed by atoms with E-state index in [1.54, 1.807) is 0 Å². The lowest BCUT2D eigenvalue weighted by Crippen LogP contribution is -2.31. The molecule has 0 fully saturated rings. The average molecular weight is 228 g/mol. The fraction of sp³-hybridized carbons (Fsp3) is 0.875. The number of aliphatic carboxylic acids is 1. The molecule has 0 aromatic rings. The number of carboxylic acid groups (broad SMARTS) is 1. The van der Waals surface area contributed by atoms with E-state index in [0.717, 1.165) is 0 Å². The standard InChI is InChI=1S/C8H15F3N2O2/c9-8(10,11)4-5(12)2-1-3-6(13)7(14)15/h5-6H,1-4,12-13H2,(H,14,15)/t5?,6-/m0/s1. The van der Waals surface area contributed by atoms with Crippen LogP contribution in [0.5, 0.6) is 0 Å². The molecule has 0 aromatic carbocycles. The highest BCUT2D eigenvalue weighted by Crippen LogP contribution is 2.22. The zero-order chi connectivity index (χ0) is 12.1. The molecule has 0 saturated heterocycles. The lowest BCUT2D eigenvalue weighted by Gasteiger charge is -2.14. The maximum atomic E-state index is 11.8. The van der Waals surface area contributed by atoms with Crippen LogP contribution in [0.4, 0.5) is 13.2 Å². The Hall–Kier alpha value is -0.820. The number of nitrogens with two attached hydrogens (primary N) is 2. The van der Waals surface area contributed by atoms with E-state index in [1.165, 1.54) is 0 Å². The highest BCUT2D eigenvalue weighted by Gasteiger charge is 2.30. The first-order valence-electron chi connectivity index (χ1n) is 4.53. The molecule has 0 aromatic heterocycles. The van der Waals surface area contributed by atoms with Gasteiger partial charge in [0.2, 0.25) is 0 Å². The monoisotopic (exact) mass is 228 g/mol. The zero-order valence-corrected chi connectivity index (χ0v) is 8.13. The largest absolute Gasteiger partial charge is 0.480 e. The molecule has 0 aliphatic carbocycles. The molecular formula is C8H15F3N2O2. The summed E-state index contributed by atoms with van der Waals surface area (Å²) in [4.78, 5) is 10.3. The highest BCUT2D eigenvalue weighted by atomic mass is 19.4. The molecule has 0 amide bonds. The maximum absolute atomic E-state index is 11.8. The first-order chi connectivity index (χ1) is 6.72. The molecule has 0 saturated carbocycles. The van der Waals surface area contributed by atoms with Crippen molar-refractivity contribution in [3.8, 4) is 0 Å². The number of rotatable bonds is 6. The third kappa shape index (κ3) is 8.19. The van der Waals surface area contributed by atoms with Gasteiger partial charge in [0.15, 0.2) is 0 Å². The van der Waals surface area contributed by atoms with E-state index in [9.17, 15) is 18.0 Å². The molecular weight excluding hydrogens is 213 g/mol. The van der Waals surface area contributed by atoms with Crippen LogP contribution in [0.25, 0.3) is 0 Å². The number of alkyl halides is 3. The Morgan fingerprint density at radius 3 is 2.20 bits per heavy atom. The molecule has 0 rings (SSSR count). The van der Waals surface area contributed by atoms with Crippen LogP contribution < -0.4 is 11.5 Å². The first kappa shape index (κ1) is 14.2.